The first-order chi connectivity index (χ1) is 12.4. The molecule has 0 spiro atoms. The molecule has 1 aliphatic heterocycles. The Balaban J connectivity index is 1.57. The third-order valence-electron chi connectivity index (χ3n) is 4.25. The number of nitrogens with zero attached hydrogens (tertiary/aromatic N) is 2. The number of ether oxygens (including phenoxy) is 1. The van der Waals surface area contributed by atoms with Gasteiger partial charge in [0.2, 0.25) is 0 Å². The highest BCUT2D eigenvalue weighted by atomic mass is 16.5. The standard InChI is InChI=1S/C21H19N3O/c1-3-8-16(9-4-1)15-25-21-23-19(17-10-5-2-6-11-17)20(24-21)18-12-7-13-22-14-18/h1-14,19-20H,15H2,(H,23,24)/t19-,20+/m1/s1. The molecule has 0 saturated carbocycles. The second-order valence-corrected chi connectivity index (χ2v) is 5.97. The van der Waals surface area contributed by atoms with E-state index in [1.165, 1.54) is 5.56 Å². The summed E-state index contributed by atoms with van der Waals surface area (Å²) in [6.07, 6.45) is 3.64. The van der Waals surface area contributed by atoms with Crippen LogP contribution in [0.2, 0.25) is 0 Å². The summed E-state index contributed by atoms with van der Waals surface area (Å²) in [4.78, 5) is 9.01. The van der Waals surface area contributed by atoms with Gasteiger partial charge in [-0.2, -0.15) is 0 Å². The Kier molecular flexibility index (Phi) is 4.42. The van der Waals surface area contributed by atoms with Crippen molar-refractivity contribution in [2.75, 3.05) is 0 Å². The van der Waals surface area contributed by atoms with Crippen molar-refractivity contribution >= 4 is 6.02 Å². The lowest BCUT2D eigenvalue weighted by Crippen LogP contribution is -2.26. The molecular weight excluding hydrogens is 310 g/mol. The second-order valence-electron chi connectivity index (χ2n) is 5.97. The number of aliphatic imine (C=N–C) groups is 1. The largest absolute Gasteiger partial charge is 0.460 e. The zero-order valence-electron chi connectivity index (χ0n) is 13.7. The molecule has 2 heterocycles. The van der Waals surface area contributed by atoms with E-state index in [0.29, 0.717) is 12.6 Å². The first-order valence-electron chi connectivity index (χ1n) is 8.36. The average Bonchev–Trinajstić information content (AvgIpc) is 3.13. The lowest BCUT2D eigenvalue weighted by molar-refractivity contribution is 0.279. The first kappa shape index (κ1) is 15.4. The molecule has 25 heavy (non-hydrogen) atoms. The fraction of sp³-hybridized carbons (Fsp3) is 0.143. The van der Waals surface area contributed by atoms with Gasteiger partial charge in [-0.05, 0) is 22.8 Å². The molecule has 0 unspecified atom stereocenters. The van der Waals surface area contributed by atoms with Crippen molar-refractivity contribution in [1.82, 2.24) is 10.3 Å². The van der Waals surface area contributed by atoms with Gasteiger partial charge in [0.05, 0.1) is 6.04 Å². The second kappa shape index (κ2) is 7.18. The van der Waals surface area contributed by atoms with Gasteiger partial charge >= 0.3 is 0 Å². The minimum atomic E-state index is -0.0538. The highest BCUT2D eigenvalue weighted by Gasteiger charge is 2.32. The Morgan fingerprint density at radius 3 is 2.28 bits per heavy atom. The number of hydrogen-bond donors (Lipinski definition) is 1. The SMILES string of the molecule is c1ccc(COC2=N[C@@H](c3cccnc3)[C@@H](c3ccccc3)N2)cc1. The van der Waals surface area contributed by atoms with Crippen LogP contribution in [0.1, 0.15) is 28.8 Å². The van der Waals surface area contributed by atoms with Gasteiger partial charge in [-0.25, -0.2) is 4.99 Å². The van der Waals surface area contributed by atoms with Gasteiger partial charge in [0.25, 0.3) is 6.02 Å². The van der Waals surface area contributed by atoms with Crippen molar-refractivity contribution in [3.63, 3.8) is 0 Å². The van der Waals surface area contributed by atoms with Gasteiger partial charge in [0.15, 0.2) is 0 Å². The number of benzene rings is 2. The Morgan fingerprint density at radius 2 is 1.56 bits per heavy atom. The van der Waals surface area contributed by atoms with Crippen molar-refractivity contribution in [2.45, 2.75) is 18.7 Å². The molecule has 4 nitrogen and oxygen atoms in total. The summed E-state index contributed by atoms with van der Waals surface area (Å²) < 4.78 is 5.91. The lowest BCUT2D eigenvalue weighted by Gasteiger charge is -2.18. The number of rotatable bonds is 4. The van der Waals surface area contributed by atoms with E-state index in [0.717, 1.165) is 11.1 Å². The van der Waals surface area contributed by atoms with Gasteiger partial charge in [-0.15, -0.1) is 0 Å². The third kappa shape index (κ3) is 3.53. The van der Waals surface area contributed by atoms with Crippen molar-refractivity contribution in [1.29, 1.82) is 0 Å². The lowest BCUT2D eigenvalue weighted by atomic mass is 9.96. The zero-order valence-corrected chi connectivity index (χ0v) is 13.7. The van der Waals surface area contributed by atoms with E-state index in [2.05, 4.69) is 28.5 Å². The molecule has 1 N–H and O–H groups in total. The smallest absolute Gasteiger partial charge is 0.286 e. The van der Waals surface area contributed by atoms with Crippen LogP contribution >= 0.6 is 0 Å². The fourth-order valence-corrected chi connectivity index (χ4v) is 3.00. The van der Waals surface area contributed by atoms with E-state index < -0.39 is 0 Å². The molecule has 0 radical (unpaired) electrons. The van der Waals surface area contributed by atoms with E-state index in [-0.39, 0.29) is 12.1 Å². The summed E-state index contributed by atoms with van der Waals surface area (Å²) in [6.45, 7) is 0.494. The van der Waals surface area contributed by atoms with E-state index in [1.807, 2.05) is 60.8 Å². The highest BCUT2D eigenvalue weighted by Crippen LogP contribution is 2.35. The molecule has 4 heteroatoms. The molecule has 2 aromatic carbocycles. The molecule has 1 aromatic heterocycles. The first-order valence-corrected chi connectivity index (χ1v) is 8.36. The van der Waals surface area contributed by atoms with Crippen LogP contribution in [0.5, 0.6) is 0 Å². The van der Waals surface area contributed by atoms with Crippen LogP contribution in [0, 0.1) is 0 Å². The summed E-state index contributed by atoms with van der Waals surface area (Å²) in [5.41, 5.74) is 3.37. The molecule has 0 bridgehead atoms. The van der Waals surface area contributed by atoms with Crippen molar-refractivity contribution in [2.24, 2.45) is 4.99 Å². The molecule has 0 amide bonds. The van der Waals surface area contributed by atoms with Crippen LogP contribution in [0.4, 0.5) is 0 Å². The Bertz CT molecular complexity index is 835. The third-order valence-corrected chi connectivity index (χ3v) is 4.25. The van der Waals surface area contributed by atoms with Crippen LogP contribution in [-0.2, 0) is 11.3 Å². The molecule has 4 rings (SSSR count). The van der Waals surface area contributed by atoms with Crippen LogP contribution in [0.25, 0.3) is 0 Å². The predicted octanol–water partition coefficient (Wildman–Crippen LogP) is 4.04. The van der Waals surface area contributed by atoms with E-state index in [1.54, 1.807) is 6.20 Å². The number of nitrogens with one attached hydrogen (secondary N) is 1. The minimum absolute atomic E-state index is 0.0381. The van der Waals surface area contributed by atoms with E-state index in [9.17, 15) is 0 Å². The quantitative estimate of drug-likeness (QED) is 0.786. The maximum Gasteiger partial charge on any atom is 0.286 e. The van der Waals surface area contributed by atoms with Crippen molar-refractivity contribution in [3.05, 3.63) is 102 Å². The molecule has 0 fully saturated rings. The molecule has 124 valence electrons. The number of aromatic nitrogens is 1. The summed E-state index contributed by atoms with van der Waals surface area (Å²) >= 11 is 0. The number of amidine groups is 1. The fourth-order valence-electron chi connectivity index (χ4n) is 3.00. The van der Waals surface area contributed by atoms with E-state index >= 15 is 0 Å². The average molecular weight is 329 g/mol. The zero-order chi connectivity index (χ0) is 16.9. The normalized spacial score (nSPS) is 19.1. The van der Waals surface area contributed by atoms with Crippen molar-refractivity contribution in [3.8, 4) is 0 Å². The summed E-state index contributed by atoms with van der Waals surface area (Å²) in [5, 5.41) is 3.43. The number of pyridine rings is 1. The van der Waals surface area contributed by atoms with Crippen LogP contribution in [-0.4, -0.2) is 11.0 Å². The maximum absolute atomic E-state index is 5.91. The maximum atomic E-state index is 5.91. The molecule has 2 atom stereocenters. The molecular formula is C21H19N3O. The van der Waals surface area contributed by atoms with Crippen LogP contribution in [0.15, 0.2) is 90.2 Å². The Labute approximate surface area is 147 Å². The predicted molar refractivity (Wildman–Crippen MR) is 98.0 cm³/mol. The monoisotopic (exact) mass is 329 g/mol. The summed E-state index contributed by atoms with van der Waals surface area (Å²) in [5.74, 6) is 0. The van der Waals surface area contributed by atoms with Gasteiger partial charge in [0, 0.05) is 12.4 Å². The van der Waals surface area contributed by atoms with Gasteiger partial charge in [-0.1, -0.05) is 66.7 Å². The van der Waals surface area contributed by atoms with Gasteiger partial charge in [0.1, 0.15) is 12.6 Å². The molecule has 1 aliphatic rings. The van der Waals surface area contributed by atoms with E-state index in [4.69, 9.17) is 9.73 Å². The van der Waals surface area contributed by atoms with Crippen LogP contribution in [0.3, 0.4) is 0 Å². The molecule has 0 aliphatic carbocycles. The number of hydrogen-bond acceptors (Lipinski definition) is 4. The highest BCUT2D eigenvalue weighted by molar-refractivity contribution is 5.77. The topological polar surface area (TPSA) is 46.5 Å². The minimum Gasteiger partial charge on any atom is -0.460 e. The van der Waals surface area contributed by atoms with Crippen molar-refractivity contribution < 1.29 is 4.74 Å². The van der Waals surface area contributed by atoms with Gasteiger partial charge < -0.3 is 10.1 Å². The molecule has 3 aromatic rings. The Morgan fingerprint density at radius 1 is 0.840 bits per heavy atom. The van der Waals surface area contributed by atoms with Gasteiger partial charge in [-0.3, -0.25) is 4.98 Å². The summed E-state index contributed by atoms with van der Waals surface area (Å²) in [6, 6.07) is 25.0. The molecule has 0 saturated heterocycles. The Hall–Kier alpha value is -3.14. The summed E-state index contributed by atoms with van der Waals surface area (Å²) in [7, 11) is 0. The van der Waals surface area contributed by atoms with Crippen LogP contribution < -0.4 is 5.32 Å².